The number of aliphatic hydroxyl groups is 2. The molecule has 0 aliphatic heterocycles. The van der Waals surface area contributed by atoms with Gasteiger partial charge in [0.15, 0.2) is 0 Å². The highest BCUT2D eigenvalue weighted by atomic mass is 16.3. The van der Waals surface area contributed by atoms with E-state index in [2.05, 4.69) is 83.1 Å². The van der Waals surface area contributed by atoms with E-state index in [1.807, 2.05) is 0 Å². The monoisotopic (exact) mass is 1270 g/mol. The molecule has 0 saturated carbocycles. The Balaban J connectivity index is 4.92. The molecule has 0 aromatic rings. The summed E-state index contributed by atoms with van der Waals surface area (Å²) in [5.74, 6) is 0.202. The Morgan fingerprint density at radius 2 is 0.500 bits per heavy atom. The molecule has 0 radical (unpaired) electrons. The average molecular weight is 1270 g/mol. The van der Waals surface area contributed by atoms with Crippen molar-refractivity contribution < 1.29 is 19.8 Å². The van der Waals surface area contributed by atoms with Crippen molar-refractivity contribution in [3.8, 4) is 0 Å². The van der Waals surface area contributed by atoms with E-state index < -0.39 is 12.2 Å². The molecule has 2 amide bonds. The minimum absolute atomic E-state index is 0.101. The van der Waals surface area contributed by atoms with Crippen molar-refractivity contribution in [3.05, 3.63) is 24.3 Å². The predicted molar refractivity (Wildman–Crippen MR) is 396 cm³/mol. The first kappa shape index (κ1) is 88.2. The number of nitrogens with one attached hydrogen (secondary N) is 4. The maximum atomic E-state index is 12.7. The van der Waals surface area contributed by atoms with Crippen LogP contribution in [0.2, 0.25) is 0 Å². The lowest BCUT2D eigenvalue weighted by Gasteiger charge is -2.27. The molecular formula is C80H160N6O4. The zero-order valence-electron chi connectivity index (χ0n) is 61.2. The zero-order valence-corrected chi connectivity index (χ0v) is 61.2. The van der Waals surface area contributed by atoms with Crippen molar-refractivity contribution in [1.82, 2.24) is 31.1 Å². The van der Waals surface area contributed by atoms with Gasteiger partial charge in [-0.2, -0.15) is 0 Å². The van der Waals surface area contributed by atoms with Crippen LogP contribution >= 0.6 is 0 Å². The normalized spacial score (nSPS) is 12.7. The van der Waals surface area contributed by atoms with Crippen LogP contribution in [-0.4, -0.2) is 123 Å². The molecule has 10 nitrogen and oxygen atoms in total. The standard InChI is InChI=1S/C80H160N6O4/c1-5-9-13-17-21-25-29-33-35-37-39-41-45-49-53-57-65-83-79(89)63-67-81-73-77(87)75-85(69-59-55-51-47-43-31-27-23-19-15-11-7-3)71-61-62-72-86(70-60-56-52-48-44-32-28-24-20-16-12-8-4)76-78(88)74-82-68-64-80(90)84-66-58-54-50-46-42-40-38-36-34-30-26-22-18-14-10-6-2/h33-36,77-78,81-82,87-88H,5-32,37-76H2,1-4H3,(H,83,89)(H,84,90). The lowest BCUT2D eigenvalue weighted by Crippen LogP contribution is -2.41. The number of allylic oxidation sites excluding steroid dienone is 4. The first-order valence-electron chi connectivity index (χ1n) is 40.4. The van der Waals surface area contributed by atoms with Gasteiger partial charge in [-0.15, -0.1) is 0 Å². The van der Waals surface area contributed by atoms with Crippen molar-refractivity contribution in [2.24, 2.45) is 0 Å². The van der Waals surface area contributed by atoms with Crippen LogP contribution in [0, 0.1) is 0 Å². The quantitative estimate of drug-likeness (QED) is 0.0262. The highest BCUT2D eigenvalue weighted by Gasteiger charge is 2.15. The molecule has 0 spiro atoms. The second-order valence-electron chi connectivity index (χ2n) is 27.9. The number of unbranched alkanes of at least 4 members (excludes halogenated alkanes) is 47. The van der Waals surface area contributed by atoms with E-state index in [4.69, 9.17) is 0 Å². The third-order valence-corrected chi connectivity index (χ3v) is 18.6. The third kappa shape index (κ3) is 72.0. The molecule has 0 heterocycles. The van der Waals surface area contributed by atoms with Crippen LogP contribution in [-0.2, 0) is 9.59 Å². The van der Waals surface area contributed by atoms with Gasteiger partial charge in [0, 0.05) is 65.2 Å². The summed E-state index contributed by atoms with van der Waals surface area (Å²) >= 11 is 0. The van der Waals surface area contributed by atoms with Crippen molar-refractivity contribution in [2.75, 3.05) is 78.5 Å². The Morgan fingerprint density at radius 1 is 0.289 bits per heavy atom. The second kappa shape index (κ2) is 76.2. The summed E-state index contributed by atoms with van der Waals surface area (Å²) in [5.41, 5.74) is 0. The fourth-order valence-corrected chi connectivity index (χ4v) is 12.7. The lowest BCUT2D eigenvalue weighted by atomic mass is 10.1. The zero-order chi connectivity index (χ0) is 65.2. The van der Waals surface area contributed by atoms with Gasteiger partial charge < -0.3 is 41.3 Å². The van der Waals surface area contributed by atoms with Gasteiger partial charge >= 0.3 is 0 Å². The molecular weight excluding hydrogens is 1110 g/mol. The summed E-state index contributed by atoms with van der Waals surface area (Å²) in [5, 5.41) is 35.7. The van der Waals surface area contributed by atoms with E-state index in [-0.39, 0.29) is 11.8 Å². The first-order valence-corrected chi connectivity index (χ1v) is 40.4. The molecule has 0 aromatic carbocycles. The molecule has 0 aliphatic rings. The van der Waals surface area contributed by atoms with Gasteiger partial charge in [0.1, 0.15) is 0 Å². The van der Waals surface area contributed by atoms with E-state index in [0.717, 1.165) is 77.8 Å². The van der Waals surface area contributed by atoms with Gasteiger partial charge in [-0.3, -0.25) is 9.59 Å². The number of amides is 2. The second-order valence-corrected chi connectivity index (χ2v) is 27.9. The molecule has 2 atom stereocenters. The van der Waals surface area contributed by atoms with Gasteiger partial charge in [0.05, 0.1) is 12.2 Å². The fraction of sp³-hybridized carbons (Fsp3) is 0.925. The number of rotatable bonds is 77. The highest BCUT2D eigenvalue weighted by Crippen LogP contribution is 2.17. The van der Waals surface area contributed by atoms with Crippen LogP contribution in [0.1, 0.15) is 387 Å². The third-order valence-electron chi connectivity index (χ3n) is 18.6. The molecule has 90 heavy (non-hydrogen) atoms. The molecule has 534 valence electrons. The Kier molecular flexibility index (Phi) is 74.7. The number of carbonyl (C=O) groups is 2. The molecule has 10 heteroatoms. The van der Waals surface area contributed by atoms with E-state index in [1.54, 1.807) is 0 Å². The molecule has 0 rings (SSSR count). The predicted octanol–water partition coefficient (Wildman–Crippen LogP) is 20.8. The number of hydrogen-bond acceptors (Lipinski definition) is 8. The summed E-state index contributed by atoms with van der Waals surface area (Å²) in [4.78, 5) is 30.3. The van der Waals surface area contributed by atoms with E-state index in [9.17, 15) is 19.8 Å². The fourth-order valence-electron chi connectivity index (χ4n) is 12.7. The minimum Gasteiger partial charge on any atom is -0.390 e. The Morgan fingerprint density at radius 3 is 0.756 bits per heavy atom. The molecule has 0 bridgehead atoms. The Hall–Kier alpha value is -1.82. The molecule has 0 aromatic heterocycles. The molecule has 2 unspecified atom stereocenters. The smallest absolute Gasteiger partial charge is 0.221 e. The van der Waals surface area contributed by atoms with Crippen molar-refractivity contribution in [1.29, 1.82) is 0 Å². The minimum atomic E-state index is -0.482. The van der Waals surface area contributed by atoms with Crippen LogP contribution in [0.4, 0.5) is 0 Å². The van der Waals surface area contributed by atoms with Crippen LogP contribution in [0.5, 0.6) is 0 Å². The summed E-state index contributed by atoms with van der Waals surface area (Å²) in [6.07, 6.45) is 79.8. The first-order chi connectivity index (χ1) is 44.4. The van der Waals surface area contributed by atoms with Crippen LogP contribution in [0.15, 0.2) is 24.3 Å². The maximum absolute atomic E-state index is 12.7. The average Bonchev–Trinajstić information content (AvgIpc) is 3.70. The molecule has 0 saturated heterocycles. The van der Waals surface area contributed by atoms with E-state index in [0.29, 0.717) is 52.1 Å². The number of nitrogens with zero attached hydrogens (tertiary/aromatic N) is 2. The molecule has 0 aliphatic carbocycles. The SMILES string of the molecule is CCCCCCCCC=CCCCCCCCCNC(=O)CCNCC(O)CN(CCCCCCCCCCCCCC)CCCCN(CCCCCCCCCCCCCC)CC(O)CNCCC(=O)NCCCCCCCCC=CCCCCCCCC. The summed E-state index contributed by atoms with van der Waals surface area (Å²) in [6.45, 7) is 18.1. The van der Waals surface area contributed by atoms with Gasteiger partial charge in [-0.1, -0.05) is 309 Å². The number of hydrogen-bond donors (Lipinski definition) is 6. The maximum Gasteiger partial charge on any atom is 0.221 e. The number of aliphatic hydroxyl groups excluding tert-OH is 2. The van der Waals surface area contributed by atoms with Gasteiger partial charge in [-0.25, -0.2) is 0 Å². The topological polar surface area (TPSA) is 129 Å². The van der Waals surface area contributed by atoms with Crippen molar-refractivity contribution >= 4 is 11.8 Å². The van der Waals surface area contributed by atoms with E-state index >= 15 is 0 Å². The van der Waals surface area contributed by atoms with Gasteiger partial charge in [-0.05, 0) is 116 Å². The molecule has 0 fully saturated rings. The number of carbonyl (C=O) groups excluding carboxylic acids is 2. The van der Waals surface area contributed by atoms with E-state index in [1.165, 1.54) is 308 Å². The van der Waals surface area contributed by atoms with Crippen LogP contribution < -0.4 is 21.3 Å². The Labute approximate surface area is 562 Å². The summed E-state index contributed by atoms with van der Waals surface area (Å²) in [7, 11) is 0. The Bertz CT molecular complexity index is 1360. The summed E-state index contributed by atoms with van der Waals surface area (Å²) < 4.78 is 0. The van der Waals surface area contributed by atoms with Crippen molar-refractivity contribution in [2.45, 2.75) is 399 Å². The van der Waals surface area contributed by atoms with Crippen LogP contribution in [0.25, 0.3) is 0 Å². The summed E-state index contributed by atoms with van der Waals surface area (Å²) in [6, 6.07) is 0. The van der Waals surface area contributed by atoms with Gasteiger partial charge in [0.25, 0.3) is 0 Å². The van der Waals surface area contributed by atoms with Gasteiger partial charge in [0.2, 0.25) is 11.8 Å². The molecule has 6 N–H and O–H groups in total. The van der Waals surface area contributed by atoms with Crippen LogP contribution in [0.3, 0.4) is 0 Å². The van der Waals surface area contributed by atoms with Crippen molar-refractivity contribution in [3.63, 3.8) is 0 Å². The largest absolute Gasteiger partial charge is 0.390 e. The highest BCUT2D eigenvalue weighted by molar-refractivity contribution is 5.76. The lowest BCUT2D eigenvalue weighted by molar-refractivity contribution is -0.121.